The maximum absolute atomic E-state index is 5.56. The zero-order chi connectivity index (χ0) is 11.8. The quantitative estimate of drug-likeness (QED) is 0.812. The molecule has 2 aromatic rings. The van der Waals surface area contributed by atoms with Crippen molar-refractivity contribution < 1.29 is 4.42 Å². The molecule has 4 heteroatoms. The molecule has 0 unspecified atom stereocenters. The van der Waals surface area contributed by atoms with E-state index in [1.165, 1.54) is 12.8 Å². The van der Waals surface area contributed by atoms with E-state index in [-0.39, 0.29) is 0 Å². The van der Waals surface area contributed by atoms with Crippen LogP contribution in [0.1, 0.15) is 38.4 Å². The Bertz CT molecular complexity index is 508. The van der Waals surface area contributed by atoms with E-state index >= 15 is 0 Å². The SMILES string of the molecule is CC(C)n1cncc1-c1ocnc1CC1CC1. The van der Waals surface area contributed by atoms with Crippen molar-refractivity contribution in [2.45, 2.75) is 39.2 Å². The van der Waals surface area contributed by atoms with Crippen molar-refractivity contribution in [3.63, 3.8) is 0 Å². The van der Waals surface area contributed by atoms with Gasteiger partial charge in [0.05, 0.1) is 18.2 Å². The molecule has 90 valence electrons. The molecule has 0 aromatic carbocycles. The van der Waals surface area contributed by atoms with Crippen LogP contribution in [-0.4, -0.2) is 14.5 Å². The summed E-state index contributed by atoms with van der Waals surface area (Å²) < 4.78 is 7.68. The molecule has 0 spiro atoms. The zero-order valence-electron chi connectivity index (χ0n) is 10.3. The van der Waals surface area contributed by atoms with Crippen LogP contribution >= 0.6 is 0 Å². The zero-order valence-corrected chi connectivity index (χ0v) is 10.3. The van der Waals surface area contributed by atoms with E-state index in [1.54, 1.807) is 6.39 Å². The van der Waals surface area contributed by atoms with Crippen LogP contribution in [0.2, 0.25) is 0 Å². The van der Waals surface area contributed by atoms with E-state index in [4.69, 9.17) is 4.42 Å². The first-order valence-electron chi connectivity index (χ1n) is 6.20. The summed E-state index contributed by atoms with van der Waals surface area (Å²) in [4.78, 5) is 8.56. The van der Waals surface area contributed by atoms with Crippen molar-refractivity contribution in [3.05, 3.63) is 24.6 Å². The van der Waals surface area contributed by atoms with Crippen LogP contribution in [0.25, 0.3) is 11.5 Å². The third-order valence-corrected chi connectivity index (χ3v) is 3.28. The summed E-state index contributed by atoms with van der Waals surface area (Å²) in [6, 6.07) is 0.381. The lowest BCUT2D eigenvalue weighted by Gasteiger charge is -2.10. The molecule has 2 heterocycles. The Kier molecular flexibility index (Phi) is 2.50. The summed E-state index contributed by atoms with van der Waals surface area (Å²) in [5.41, 5.74) is 2.11. The highest BCUT2D eigenvalue weighted by molar-refractivity contribution is 5.54. The summed E-state index contributed by atoms with van der Waals surface area (Å²) >= 11 is 0. The number of rotatable bonds is 4. The van der Waals surface area contributed by atoms with Crippen LogP contribution in [0, 0.1) is 5.92 Å². The molecule has 0 atom stereocenters. The van der Waals surface area contributed by atoms with E-state index < -0.39 is 0 Å². The second-order valence-corrected chi connectivity index (χ2v) is 5.06. The van der Waals surface area contributed by atoms with Gasteiger partial charge in [-0.2, -0.15) is 0 Å². The fourth-order valence-electron chi connectivity index (χ4n) is 2.11. The van der Waals surface area contributed by atoms with Crippen molar-refractivity contribution in [2.75, 3.05) is 0 Å². The molecule has 1 saturated carbocycles. The summed E-state index contributed by atoms with van der Waals surface area (Å²) in [6.45, 7) is 4.28. The minimum absolute atomic E-state index is 0.381. The molecular weight excluding hydrogens is 214 g/mol. The van der Waals surface area contributed by atoms with E-state index in [1.807, 2.05) is 12.5 Å². The van der Waals surface area contributed by atoms with Gasteiger partial charge in [0.2, 0.25) is 0 Å². The fourth-order valence-corrected chi connectivity index (χ4v) is 2.11. The Hall–Kier alpha value is -1.58. The van der Waals surface area contributed by atoms with Crippen LogP contribution in [0.3, 0.4) is 0 Å². The van der Waals surface area contributed by atoms with Gasteiger partial charge >= 0.3 is 0 Å². The lowest BCUT2D eigenvalue weighted by Crippen LogP contribution is -2.02. The van der Waals surface area contributed by atoms with Gasteiger partial charge in [-0.1, -0.05) is 0 Å². The standard InChI is InChI=1S/C13H17N3O/c1-9(2)16-7-14-6-12(16)13-11(15-8-17-13)5-10-3-4-10/h6-10H,3-5H2,1-2H3. The van der Waals surface area contributed by atoms with E-state index in [0.717, 1.165) is 29.5 Å². The van der Waals surface area contributed by atoms with E-state index in [9.17, 15) is 0 Å². The normalized spacial score (nSPS) is 15.7. The number of aromatic nitrogens is 3. The van der Waals surface area contributed by atoms with E-state index in [0.29, 0.717) is 6.04 Å². The summed E-state index contributed by atoms with van der Waals surface area (Å²) in [5.74, 6) is 1.71. The van der Waals surface area contributed by atoms with Gasteiger partial charge in [-0.15, -0.1) is 0 Å². The first kappa shape index (κ1) is 10.6. The summed E-state index contributed by atoms with van der Waals surface area (Å²) in [7, 11) is 0. The molecule has 0 N–H and O–H groups in total. The maximum atomic E-state index is 5.56. The van der Waals surface area contributed by atoms with Crippen LogP contribution in [-0.2, 0) is 6.42 Å². The van der Waals surface area contributed by atoms with Crippen LogP contribution in [0.15, 0.2) is 23.3 Å². The molecular formula is C13H17N3O. The lowest BCUT2D eigenvalue weighted by atomic mass is 10.1. The smallest absolute Gasteiger partial charge is 0.181 e. The average molecular weight is 231 g/mol. The summed E-state index contributed by atoms with van der Waals surface area (Å²) in [6.07, 6.45) is 8.95. The van der Waals surface area contributed by atoms with Crippen molar-refractivity contribution >= 4 is 0 Å². The topological polar surface area (TPSA) is 43.9 Å². The van der Waals surface area contributed by atoms with Gasteiger partial charge in [-0.3, -0.25) is 0 Å². The molecule has 0 bridgehead atoms. The highest BCUT2D eigenvalue weighted by atomic mass is 16.3. The molecule has 1 aliphatic carbocycles. The second kappa shape index (κ2) is 4.02. The molecule has 1 aliphatic rings. The Labute approximate surface area is 101 Å². The van der Waals surface area contributed by atoms with Crippen molar-refractivity contribution in [2.24, 2.45) is 5.92 Å². The van der Waals surface area contributed by atoms with Gasteiger partial charge in [0.25, 0.3) is 0 Å². The van der Waals surface area contributed by atoms with Gasteiger partial charge in [0.15, 0.2) is 12.2 Å². The monoisotopic (exact) mass is 231 g/mol. The Morgan fingerprint density at radius 2 is 2.29 bits per heavy atom. The lowest BCUT2D eigenvalue weighted by molar-refractivity contribution is 0.547. The van der Waals surface area contributed by atoms with Crippen LogP contribution < -0.4 is 0 Å². The number of hydrogen-bond acceptors (Lipinski definition) is 3. The van der Waals surface area contributed by atoms with Gasteiger partial charge in [-0.05, 0) is 39.0 Å². The maximum Gasteiger partial charge on any atom is 0.181 e. The van der Waals surface area contributed by atoms with Crippen molar-refractivity contribution in [3.8, 4) is 11.5 Å². The molecule has 0 saturated heterocycles. The molecule has 0 radical (unpaired) electrons. The number of imidazole rings is 1. The van der Waals surface area contributed by atoms with Gasteiger partial charge in [-0.25, -0.2) is 9.97 Å². The second-order valence-electron chi connectivity index (χ2n) is 5.06. The minimum Gasteiger partial charge on any atom is -0.442 e. The fraction of sp³-hybridized carbons (Fsp3) is 0.538. The van der Waals surface area contributed by atoms with Gasteiger partial charge in [0, 0.05) is 6.04 Å². The molecule has 0 aliphatic heterocycles. The Morgan fingerprint density at radius 3 is 3.00 bits per heavy atom. The van der Waals surface area contributed by atoms with Gasteiger partial charge < -0.3 is 8.98 Å². The molecule has 1 fully saturated rings. The van der Waals surface area contributed by atoms with Crippen LogP contribution in [0.4, 0.5) is 0 Å². The van der Waals surface area contributed by atoms with Gasteiger partial charge in [0.1, 0.15) is 5.69 Å². The highest BCUT2D eigenvalue weighted by Gasteiger charge is 2.26. The molecule has 2 aromatic heterocycles. The van der Waals surface area contributed by atoms with E-state index in [2.05, 4.69) is 28.4 Å². The number of hydrogen-bond donors (Lipinski definition) is 0. The highest BCUT2D eigenvalue weighted by Crippen LogP contribution is 2.35. The Morgan fingerprint density at radius 1 is 1.47 bits per heavy atom. The average Bonchev–Trinajstić information content (AvgIpc) is 2.79. The predicted octanol–water partition coefficient (Wildman–Crippen LogP) is 3.07. The molecule has 17 heavy (non-hydrogen) atoms. The predicted molar refractivity (Wildman–Crippen MR) is 64.5 cm³/mol. The number of oxazole rings is 1. The molecule has 4 nitrogen and oxygen atoms in total. The molecule has 0 amide bonds. The van der Waals surface area contributed by atoms with Crippen LogP contribution in [0.5, 0.6) is 0 Å². The third kappa shape index (κ3) is 1.99. The largest absolute Gasteiger partial charge is 0.442 e. The number of nitrogens with zero attached hydrogens (tertiary/aromatic N) is 3. The molecule has 3 rings (SSSR count). The summed E-state index contributed by atoms with van der Waals surface area (Å²) in [5, 5.41) is 0. The Balaban J connectivity index is 1.96. The first-order chi connectivity index (χ1) is 8.25. The van der Waals surface area contributed by atoms with Crippen molar-refractivity contribution in [1.82, 2.24) is 14.5 Å². The third-order valence-electron chi connectivity index (χ3n) is 3.28. The van der Waals surface area contributed by atoms with Crippen molar-refractivity contribution in [1.29, 1.82) is 0 Å². The first-order valence-corrected chi connectivity index (χ1v) is 6.20. The minimum atomic E-state index is 0.381.